The molecule has 84 valence electrons. The summed E-state index contributed by atoms with van der Waals surface area (Å²) in [6.45, 7) is 2.84. The average molecular weight is 211 g/mol. The molecule has 0 aromatic carbocycles. The molecule has 2 rings (SSSR count). The Labute approximate surface area is 89.0 Å². The lowest BCUT2D eigenvalue weighted by Gasteiger charge is -2.04. The van der Waals surface area contributed by atoms with Gasteiger partial charge in [-0.2, -0.15) is 0 Å². The number of hydrogen-bond acceptors (Lipinski definition) is 5. The predicted octanol–water partition coefficient (Wildman–Crippen LogP) is 1.20. The van der Waals surface area contributed by atoms with Gasteiger partial charge in [0.25, 0.3) is 0 Å². The van der Waals surface area contributed by atoms with Crippen LogP contribution in [0, 0.1) is 0 Å². The Balaban J connectivity index is 1.94. The molecule has 1 saturated heterocycles. The summed E-state index contributed by atoms with van der Waals surface area (Å²) in [7, 11) is 0. The fourth-order valence-corrected chi connectivity index (χ4v) is 1.67. The summed E-state index contributed by atoms with van der Waals surface area (Å²) >= 11 is 0. The molecular formula is C10H17N3O2. The van der Waals surface area contributed by atoms with Gasteiger partial charge in [-0.25, -0.2) is 0 Å². The SMILES string of the molecule is CCC(N)c1nnc(CC2CCCO2)o1. The van der Waals surface area contributed by atoms with E-state index in [2.05, 4.69) is 10.2 Å². The van der Waals surface area contributed by atoms with Crippen molar-refractivity contribution >= 4 is 0 Å². The summed E-state index contributed by atoms with van der Waals surface area (Å²) in [5, 5.41) is 7.90. The minimum atomic E-state index is -0.143. The molecule has 5 heteroatoms. The molecule has 5 nitrogen and oxygen atoms in total. The van der Waals surface area contributed by atoms with Gasteiger partial charge in [0.15, 0.2) is 0 Å². The van der Waals surface area contributed by atoms with E-state index in [1.165, 1.54) is 0 Å². The maximum absolute atomic E-state index is 5.79. The molecule has 1 aromatic rings. The van der Waals surface area contributed by atoms with Crippen LogP contribution in [0.15, 0.2) is 4.42 Å². The van der Waals surface area contributed by atoms with Crippen LogP contribution in [-0.4, -0.2) is 22.9 Å². The van der Waals surface area contributed by atoms with Crippen LogP contribution >= 0.6 is 0 Å². The van der Waals surface area contributed by atoms with Crippen molar-refractivity contribution in [2.75, 3.05) is 6.61 Å². The van der Waals surface area contributed by atoms with E-state index < -0.39 is 0 Å². The summed E-state index contributed by atoms with van der Waals surface area (Å²) in [5.41, 5.74) is 5.79. The molecule has 0 amide bonds. The van der Waals surface area contributed by atoms with Gasteiger partial charge in [0, 0.05) is 6.61 Å². The molecule has 1 aromatic heterocycles. The maximum Gasteiger partial charge on any atom is 0.233 e. The van der Waals surface area contributed by atoms with Crippen LogP contribution in [0.4, 0.5) is 0 Å². The minimum absolute atomic E-state index is 0.143. The molecule has 0 saturated carbocycles. The Kier molecular flexibility index (Phi) is 3.33. The van der Waals surface area contributed by atoms with Gasteiger partial charge in [0.1, 0.15) is 0 Å². The van der Waals surface area contributed by atoms with Gasteiger partial charge in [-0.15, -0.1) is 10.2 Å². The molecule has 2 N–H and O–H groups in total. The molecule has 2 atom stereocenters. The van der Waals surface area contributed by atoms with Gasteiger partial charge in [-0.3, -0.25) is 0 Å². The van der Waals surface area contributed by atoms with Crippen LogP contribution in [0.1, 0.15) is 44.0 Å². The van der Waals surface area contributed by atoms with Crippen molar-refractivity contribution in [3.05, 3.63) is 11.8 Å². The van der Waals surface area contributed by atoms with E-state index in [4.69, 9.17) is 14.9 Å². The molecule has 0 bridgehead atoms. The van der Waals surface area contributed by atoms with Gasteiger partial charge < -0.3 is 14.9 Å². The first-order valence-electron chi connectivity index (χ1n) is 5.49. The van der Waals surface area contributed by atoms with Crippen LogP contribution in [0.5, 0.6) is 0 Å². The second-order valence-corrected chi connectivity index (χ2v) is 3.89. The smallest absolute Gasteiger partial charge is 0.233 e. The van der Waals surface area contributed by atoms with Crippen molar-refractivity contribution in [1.29, 1.82) is 0 Å². The van der Waals surface area contributed by atoms with Crippen molar-refractivity contribution < 1.29 is 9.15 Å². The van der Waals surface area contributed by atoms with Crippen LogP contribution in [0.25, 0.3) is 0 Å². The van der Waals surface area contributed by atoms with Gasteiger partial charge in [-0.05, 0) is 19.3 Å². The highest BCUT2D eigenvalue weighted by Gasteiger charge is 2.20. The second kappa shape index (κ2) is 4.72. The lowest BCUT2D eigenvalue weighted by molar-refractivity contribution is 0.105. The molecule has 1 fully saturated rings. The van der Waals surface area contributed by atoms with Crippen LogP contribution in [0.2, 0.25) is 0 Å². The van der Waals surface area contributed by atoms with Crippen molar-refractivity contribution in [2.24, 2.45) is 5.73 Å². The van der Waals surface area contributed by atoms with E-state index in [0.29, 0.717) is 18.2 Å². The quantitative estimate of drug-likeness (QED) is 0.810. The third-order valence-electron chi connectivity index (χ3n) is 2.67. The molecule has 2 unspecified atom stereocenters. The van der Waals surface area contributed by atoms with E-state index in [0.717, 1.165) is 25.9 Å². The highest BCUT2D eigenvalue weighted by molar-refractivity contribution is 4.90. The minimum Gasteiger partial charge on any atom is -0.423 e. The third kappa shape index (κ3) is 2.54. The maximum atomic E-state index is 5.79. The van der Waals surface area contributed by atoms with Crippen LogP contribution in [0.3, 0.4) is 0 Å². The van der Waals surface area contributed by atoms with Crippen molar-refractivity contribution in [3.63, 3.8) is 0 Å². The Morgan fingerprint density at radius 3 is 3.07 bits per heavy atom. The van der Waals surface area contributed by atoms with E-state index >= 15 is 0 Å². The topological polar surface area (TPSA) is 74.2 Å². The van der Waals surface area contributed by atoms with Crippen molar-refractivity contribution in [2.45, 2.75) is 44.8 Å². The van der Waals surface area contributed by atoms with Gasteiger partial charge in [0.2, 0.25) is 11.8 Å². The lowest BCUT2D eigenvalue weighted by atomic mass is 10.2. The highest BCUT2D eigenvalue weighted by atomic mass is 16.5. The zero-order valence-corrected chi connectivity index (χ0v) is 8.98. The zero-order valence-electron chi connectivity index (χ0n) is 8.98. The number of ether oxygens (including phenoxy) is 1. The van der Waals surface area contributed by atoms with Crippen LogP contribution in [-0.2, 0) is 11.2 Å². The molecule has 1 aliphatic rings. The normalized spacial score (nSPS) is 23.2. The average Bonchev–Trinajstić information content (AvgIpc) is 2.88. The monoisotopic (exact) mass is 211 g/mol. The Bertz CT molecular complexity index is 307. The first-order chi connectivity index (χ1) is 7.29. The molecule has 2 heterocycles. The Morgan fingerprint density at radius 1 is 1.53 bits per heavy atom. The van der Waals surface area contributed by atoms with E-state index in [-0.39, 0.29) is 12.1 Å². The number of rotatable bonds is 4. The Morgan fingerprint density at radius 2 is 2.40 bits per heavy atom. The van der Waals surface area contributed by atoms with Gasteiger partial charge >= 0.3 is 0 Å². The lowest BCUT2D eigenvalue weighted by Crippen LogP contribution is -2.09. The van der Waals surface area contributed by atoms with Crippen molar-refractivity contribution in [3.8, 4) is 0 Å². The largest absolute Gasteiger partial charge is 0.423 e. The summed E-state index contributed by atoms with van der Waals surface area (Å²) in [5.74, 6) is 1.17. The number of aromatic nitrogens is 2. The van der Waals surface area contributed by atoms with Gasteiger partial charge in [-0.1, -0.05) is 6.92 Å². The first kappa shape index (κ1) is 10.6. The summed E-state index contributed by atoms with van der Waals surface area (Å²) in [6.07, 6.45) is 3.97. The number of nitrogens with two attached hydrogens (primary N) is 1. The van der Waals surface area contributed by atoms with E-state index in [1.54, 1.807) is 0 Å². The fourth-order valence-electron chi connectivity index (χ4n) is 1.67. The van der Waals surface area contributed by atoms with Crippen LogP contribution < -0.4 is 5.73 Å². The molecule has 15 heavy (non-hydrogen) atoms. The highest BCUT2D eigenvalue weighted by Crippen LogP contribution is 2.18. The summed E-state index contributed by atoms with van der Waals surface area (Å²) in [6, 6.07) is -0.143. The van der Waals surface area contributed by atoms with E-state index in [1.807, 2.05) is 6.92 Å². The van der Waals surface area contributed by atoms with Crippen molar-refractivity contribution in [1.82, 2.24) is 10.2 Å². The number of nitrogens with zero attached hydrogens (tertiary/aromatic N) is 2. The third-order valence-corrected chi connectivity index (χ3v) is 2.67. The Hall–Kier alpha value is -0.940. The molecular weight excluding hydrogens is 194 g/mol. The molecule has 0 aliphatic carbocycles. The molecule has 0 spiro atoms. The summed E-state index contributed by atoms with van der Waals surface area (Å²) < 4.78 is 11.0. The summed E-state index contributed by atoms with van der Waals surface area (Å²) in [4.78, 5) is 0. The standard InChI is InChI=1S/C10H17N3O2/c1-2-8(11)10-13-12-9(15-10)6-7-4-3-5-14-7/h7-8H,2-6,11H2,1H3. The van der Waals surface area contributed by atoms with Gasteiger partial charge in [0.05, 0.1) is 18.6 Å². The molecule has 0 radical (unpaired) electrons. The second-order valence-electron chi connectivity index (χ2n) is 3.89. The zero-order chi connectivity index (χ0) is 10.7. The van der Waals surface area contributed by atoms with E-state index in [9.17, 15) is 0 Å². The first-order valence-corrected chi connectivity index (χ1v) is 5.49. The predicted molar refractivity (Wildman–Crippen MR) is 54.2 cm³/mol. The number of hydrogen-bond donors (Lipinski definition) is 1. The fraction of sp³-hybridized carbons (Fsp3) is 0.800. The molecule has 1 aliphatic heterocycles.